The molecule has 134 valence electrons. The van der Waals surface area contributed by atoms with Gasteiger partial charge in [0.15, 0.2) is 11.5 Å². The molecule has 1 amide bonds. The molecule has 25 heavy (non-hydrogen) atoms. The summed E-state index contributed by atoms with van der Waals surface area (Å²) in [5.74, 6) is 1.30. The van der Waals surface area contributed by atoms with Gasteiger partial charge in [0.2, 0.25) is 5.75 Å². The summed E-state index contributed by atoms with van der Waals surface area (Å²) >= 11 is 2.22. The molecule has 0 bridgehead atoms. The van der Waals surface area contributed by atoms with Crippen LogP contribution >= 0.6 is 22.6 Å². The minimum Gasteiger partial charge on any atom is -0.490 e. The first-order valence-electron chi connectivity index (χ1n) is 8.22. The Balaban J connectivity index is 2.34. The van der Waals surface area contributed by atoms with E-state index in [1.165, 1.54) is 0 Å². The summed E-state index contributed by atoms with van der Waals surface area (Å²) in [6.07, 6.45) is 0. The van der Waals surface area contributed by atoms with Crippen LogP contribution in [0.15, 0.2) is 36.4 Å². The van der Waals surface area contributed by atoms with Gasteiger partial charge in [0, 0.05) is 14.8 Å². The maximum Gasteiger partial charge on any atom is 0.255 e. The average Bonchev–Trinajstić information content (AvgIpc) is 2.60. The first kappa shape index (κ1) is 19.4. The van der Waals surface area contributed by atoms with Crippen molar-refractivity contribution >= 4 is 34.2 Å². The number of halogens is 1. The van der Waals surface area contributed by atoms with E-state index in [9.17, 15) is 4.79 Å². The Bertz CT molecular complexity index is 689. The number of hydrogen-bond donors (Lipinski definition) is 1. The number of nitrogens with one attached hydrogen (secondary N) is 1. The predicted octanol–water partition coefficient (Wildman–Crippen LogP) is 4.74. The number of hydrogen-bond acceptors (Lipinski definition) is 4. The number of rotatable bonds is 8. The molecule has 0 aliphatic rings. The topological polar surface area (TPSA) is 56.8 Å². The van der Waals surface area contributed by atoms with Crippen molar-refractivity contribution in [2.24, 2.45) is 0 Å². The molecular weight excluding hydrogens is 433 g/mol. The summed E-state index contributed by atoms with van der Waals surface area (Å²) in [6, 6.07) is 11.0. The molecule has 2 aromatic carbocycles. The zero-order chi connectivity index (χ0) is 18.2. The van der Waals surface area contributed by atoms with Crippen LogP contribution in [0.25, 0.3) is 0 Å². The monoisotopic (exact) mass is 455 g/mol. The molecule has 0 radical (unpaired) electrons. The van der Waals surface area contributed by atoms with E-state index in [-0.39, 0.29) is 5.91 Å². The van der Waals surface area contributed by atoms with Crippen molar-refractivity contribution in [2.75, 3.05) is 25.1 Å². The van der Waals surface area contributed by atoms with E-state index in [0.29, 0.717) is 42.6 Å². The van der Waals surface area contributed by atoms with Crippen molar-refractivity contribution in [3.05, 3.63) is 45.5 Å². The lowest BCUT2D eigenvalue weighted by molar-refractivity contribution is 0.102. The van der Waals surface area contributed by atoms with Crippen molar-refractivity contribution in [3.63, 3.8) is 0 Å². The third kappa shape index (κ3) is 5.26. The standard InChI is InChI=1S/C19H22INO4/c1-4-23-16-11-13(12-17(24-5-2)18(16)25-6-3)19(22)21-15-9-7-14(20)8-10-15/h7-12H,4-6H2,1-3H3,(H,21,22). The third-order valence-electron chi connectivity index (χ3n) is 3.27. The molecule has 0 atom stereocenters. The third-order valence-corrected chi connectivity index (χ3v) is 3.99. The van der Waals surface area contributed by atoms with E-state index in [1.807, 2.05) is 45.0 Å². The van der Waals surface area contributed by atoms with Crippen LogP contribution in [0.2, 0.25) is 0 Å². The van der Waals surface area contributed by atoms with Gasteiger partial charge in [0.25, 0.3) is 5.91 Å². The minimum absolute atomic E-state index is 0.230. The summed E-state index contributed by atoms with van der Waals surface area (Å²) < 4.78 is 18.1. The fraction of sp³-hybridized carbons (Fsp3) is 0.316. The summed E-state index contributed by atoms with van der Waals surface area (Å²) in [4.78, 5) is 12.6. The summed E-state index contributed by atoms with van der Waals surface area (Å²) in [5.41, 5.74) is 1.18. The second kappa shape index (κ2) is 9.50. The Kier molecular flexibility index (Phi) is 7.36. The maximum absolute atomic E-state index is 12.6. The molecule has 1 N–H and O–H groups in total. The van der Waals surface area contributed by atoms with Gasteiger partial charge in [-0.1, -0.05) is 0 Å². The van der Waals surface area contributed by atoms with E-state index in [0.717, 1.165) is 9.26 Å². The first-order valence-corrected chi connectivity index (χ1v) is 9.30. The summed E-state index contributed by atoms with van der Waals surface area (Å²) in [7, 11) is 0. The Hall–Kier alpha value is -1.96. The molecule has 0 aliphatic carbocycles. The number of benzene rings is 2. The van der Waals surface area contributed by atoms with Gasteiger partial charge < -0.3 is 19.5 Å². The van der Waals surface area contributed by atoms with Gasteiger partial charge in [-0.3, -0.25) is 4.79 Å². The highest BCUT2D eigenvalue weighted by molar-refractivity contribution is 14.1. The highest BCUT2D eigenvalue weighted by Crippen LogP contribution is 2.39. The normalized spacial score (nSPS) is 10.2. The molecule has 0 fully saturated rings. The second-order valence-electron chi connectivity index (χ2n) is 5.06. The van der Waals surface area contributed by atoms with E-state index >= 15 is 0 Å². The van der Waals surface area contributed by atoms with Gasteiger partial charge in [-0.05, 0) is 79.8 Å². The Morgan fingerprint density at radius 1 is 0.920 bits per heavy atom. The van der Waals surface area contributed by atoms with Gasteiger partial charge in [-0.25, -0.2) is 0 Å². The molecule has 0 aromatic heterocycles. The largest absolute Gasteiger partial charge is 0.490 e. The molecule has 0 spiro atoms. The van der Waals surface area contributed by atoms with E-state index in [2.05, 4.69) is 27.9 Å². The molecule has 6 heteroatoms. The molecule has 0 unspecified atom stereocenters. The number of carbonyl (C=O) groups excluding carboxylic acids is 1. The summed E-state index contributed by atoms with van der Waals surface area (Å²) in [6.45, 7) is 7.07. The lowest BCUT2D eigenvalue weighted by Gasteiger charge is -2.17. The fourth-order valence-corrected chi connectivity index (χ4v) is 2.62. The van der Waals surface area contributed by atoms with Gasteiger partial charge in [0.1, 0.15) is 0 Å². The zero-order valence-electron chi connectivity index (χ0n) is 14.6. The second-order valence-corrected chi connectivity index (χ2v) is 6.31. The molecule has 5 nitrogen and oxygen atoms in total. The van der Waals surface area contributed by atoms with Gasteiger partial charge in [-0.2, -0.15) is 0 Å². The van der Waals surface area contributed by atoms with E-state index in [1.54, 1.807) is 12.1 Å². The molecule has 2 aromatic rings. The van der Waals surface area contributed by atoms with Crippen LogP contribution in [-0.4, -0.2) is 25.7 Å². The number of anilines is 1. The van der Waals surface area contributed by atoms with Crippen molar-refractivity contribution in [3.8, 4) is 17.2 Å². The van der Waals surface area contributed by atoms with Crippen LogP contribution in [-0.2, 0) is 0 Å². The van der Waals surface area contributed by atoms with Crippen LogP contribution in [0.4, 0.5) is 5.69 Å². The minimum atomic E-state index is -0.230. The quantitative estimate of drug-likeness (QED) is 0.585. The highest BCUT2D eigenvalue weighted by Gasteiger charge is 2.18. The zero-order valence-corrected chi connectivity index (χ0v) is 16.8. The summed E-state index contributed by atoms with van der Waals surface area (Å²) in [5, 5.41) is 2.88. The maximum atomic E-state index is 12.6. The van der Waals surface area contributed by atoms with Gasteiger partial charge in [-0.15, -0.1) is 0 Å². The Morgan fingerprint density at radius 2 is 1.44 bits per heavy atom. The molecule has 0 heterocycles. The van der Waals surface area contributed by atoms with Crippen molar-refractivity contribution in [2.45, 2.75) is 20.8 Å². The van der Waals surface area contributed by atoms with Crippen LogP contribution < -0.4 is 19.5 Å². The lowest BCUT2D eigenvalue weighted by Crippen LogP contribution is -2.13. The number of amides is 1. The smallest absolute Gasteiger partial charge is 0.255 e. The SMILES string of the molecule is CCOc1cc(C(=O)Nc2ccc(I)cc2)cc(OCC)c1OCC. The fourth-order valence-electron chi connectivity index (χ4n) is 2.26. The lowest BCUT2D eigenvalue weighted by atomic mass is 10.1. The van der Waals surface area contributed by atoms with Crippen LogP contribution in [0, 0.1) is 3.57 Å². The molecular formula is C19H22INO4. The number of carbonyl (C=O) groups is 1. The number of ether oxygens (including phenoxy) is 3. The van der Waals surface area contributed by atoms with Crippen molar-refractivity contribution in [1.82, 2.24) is 0 Å². The molecule has 2 rings (SSSR count). The molecule has 0 aliphatic heterocycles. The van der Waals surface area contributed by atoms with E-state index < -0.39 is 0 Å². The Morgan fingerprint density at radius 3 is 1.92 bits per heavy atom. The average molecular weight is 455 g/mol. The van der Waals surface area contributed by atoms with Crippen LogP contribution in [0.3, 0.4) is 0 Å². The highest BCUT2D eigenvalue weighted by atomic mass is 127. The van der Waals surface area contributed by atoms with Crippen LogP contribution in [0.5, 0.6) is 17.2 Å². The first-order chi connectivity index (χ1) is 12.1. The predicted molar refractivity (Wildman–Crippen MR) is 107 cm³/mol. The van der Waals surface area contributed by atoms with Crippen LogP contribution in [0.1, 0.15) is 31.1 Å². The van der Waals surface area contributed by atoms with E-state index in [4.69, 9.17) is 14.2 Å². The van der Waals surface area contributed by atoms with Gasteiger partial charge >= 0.3 is 0 Å². The molecule has 0 saturated carbocycles. The molecule has 0 saturated heterocycles. The van der Waals surface area contributed by atoms with Crippen molar-refractivity contribution in [1.29, 1.82) is 0 Å². The van der Waals surface area contributed by atoms with Crippen molar-refractivity contribution < 1.29 is 19.0 Å². The Labute approximate surface area is 161 Å². The van der Waals surface area contributed by atoms with Gasteiger partial charge in [0.05, 0.1) is 19.8 Å².